The Morgan fingerprint density at radius 2 is 2.14 bits per heavy atom. The van der Waals surface area contributed by atoms with Crippen molar-refractivity contribution in [3.05, 3.63) is 51.7 Å². The van der Waals surface area contributed by atoms with Gasteiger partial charge in [0.25, 0.3) is 5.69 Å². The van der Waals surface area contributed by atoms with Crippen molar-refractivity contribution in [1.82, 2.24) is 4.98 Å². The molecule has 21 heavy (non-hydrogen) atoms. The molecular weight excluding hydrogens is 291 g/mol. The van der Waals surface area contributed by atoms with E-state index in [1.807, 2.05) is 0 Å². The van der Waals surface area contributed by atoms with Gasteiger partial charge in [0.05, 0.1) is 22.7 Å². The quantitative estimate of drug-likeness (QED) is 0.690. The highest BCUT2D eigenvalue weighted by Gasteiger charge is 2.33. The van der Waals surface area contributed by atoms with E-state index in [-0.39, 0.29) is 12.2 Å². The van der Waals surface area contributed by atoms with Crippen LogP contribution in [0, 0.1) is 17.0 Å². The Morgan fingerprint density at radius 1 is 1.43 bits per heavy atom. The molecule has 9 heteroatoms. The topological polar surface area (TPSA) is 81.2 Å². The highest BCUT2D eigenvalue weighted by Crippen LogP contribution is 2.35. The maximum absolute atomic E-state index is 12.6. The van der Waals surface area contributed by atoms with Crippen LogP contribution in [-0.2, 0) is 12.7 Å². The summed E-state index contributed by atoms with van der Waals surface area (Å²) in [5.41, 5.74) is -1.15. The molecule has 1 N–H and O–H groups in total. The van der Waals surface area contributed by atoms with Crippen LogP contribution in [0.2, 0.25) is 0 Å². The third kappa shape index (κ3) is 3.30. The summed E-state index contributed by atoms with van der Waals surface area (Å²) in [4.78, 5) is 13.9. The first-order valence-electron chi connectivity index (χ1n) is 5.77. The van der Waals surface area contributed by atoms with E-state index in [0.717, 1.165) is 12.1 Å². The van der Waals surface area contributed by atoms with Crippen LogP contribution in [0.25, 0.3) is 0 Å². The van der Waals surface area contributed by atoms with Gasteiger partial charge in [0.15, 0.2) is 6.39 Å². The maximum Gasteiger partial charge on any atom is 0.416 e. The lowest BCUT2D eigenvalue weighted by atomic mass is 10.1. The van der Waals surface area contributed by atoms with Gasteiger partial charge < -0.3 is 9.73 Å². The Bertz CT molecular complexity index is 667. The lowest BCUT2D eigenvalue weighted by Crippen LogP contribution is -2.08. The number of nitrogens with one attached hydrogen (secondary N) is 1. The lowest BCUT2D eigenvalue weighted by Gasteiger charge is -2.10. The molecule has 0 aliphatic carbocycles. The van der Waals surface area contributed by atoms with Crippen molar-refractivity contribution in [2.24, 2.45) is 0 Å². The van der Waals surface area contributed by atoms with E-state index in [1.54, 1.807) is 6.92 Å². The summed E-state index contributed by atoms with van der Waals surface area (Å²) in [6.07, 6.45) is -3.42. The van der Waals surface area contributed by atoms with Gasteiger partial charge >= 0.3 is 6.18 Å². The van der Waals surface area contributed by atoms with Crippen LogP contribution in [0.4, 0.5) is 24.5 Å². The number of aromatic nitrogens is 1. The number of benzene rings is 1. The molecule has 0 saturated carbocycles. The third-order valence-electron chi connectivity index (χ3n) is 2.81. The van der Waals surface area contributed by atoms with E-state index < -0.39 is 22.4 Å². The van der Waals surface area contributed by atoms with E-state index in [2.05, 4.69) is 10.3 Å². The summed E-state index contributed by atoms with van der Waals surface area (Å²) in [6, 6.07) is 2.30. The third-order valence-corrected chi connectivity index (χ3v) is 2.81. The predicted octanol–water partition coefficient (Wildman–Crippen LogP) is 3.52. The Morgan fingerprint density at radius 3 is 2.67 bits per heavy atom. The lowest BCUT2D eigenvalue weighted by molar-refractivity contribution is -0.384. The number of rotatable bonds is 4. The van der Waals surface area contributed by atoms with Gasteiger partial charge in [0, 0.05) is 6.07 Å². The molecule has 0 bridgehead atoms. The van der Waals surface area contributed by atoms with Gasteiger partial charge in [0.2, 0.25) is 0 Å². The molecule has 0 fully saturated rings. The van der Waals surface area contributed by atoms with Crippen molar-refractivity contribution >= 4 is 11.4 Å². The number of halogens is 3. The summed E-state index contributed by atoms with van der Waals surface area (Å²) >= 11 is 0. The first-order chi connectivity index (χ1) is 9.79. The molecule has 2 rings (SSSR count). The fraction of sp³-hybridized carbons (Fsp3) is 0.250. The highest BCUT2D eigenvalue weighted by atomic mass is 19.4. The highest BCUT2D eigenvalue weighted by molar-refractivity contribution is 5.63. The van der Waals surface area contributed by atoms with Crippen molar-refractivity contribution in [3.63, 3.8) is 0 Å². The second kappa shape index (κ2) is 5.43. The second-order valence-corrected chi connectivity index (χ2v) is 4.20. The normalized spacial score (nSPS) is 11.4. The zero-order valence-electron chi connectivity index (χ0n) is 10.8. The predicted molar refractivity (Wildman–Crippen MR) is 66.7 cm³/mol. The molecule has 1 aromatic carbocycles. The number of oxazole rings is 1. The van der Waals surface area contributed by atoms with E-state index in [9.17, 15) is 23.3 Å². The second-order valence-electron chi connectivity index (χ2n) is 4.20. The summed E-state index contributed by atoms with van der Waals surface area (Å²) in [5, 5.41) is 13.6. The first-order valence-corrected chi connectivity index (χ1v) is 5.77. The summed E-state index contributed by atoms with van der Waals surface area (Å²) < 4.78 is 42.7. The van der Waals surface area contributed by atoms with Gasteiger partial charge in [-0.25, -0.2) is 4.98 Å². The number of aryl methyl sites for hydroxylation is 1. The molecule has 2 aromatic rings. The Kier molecular flexibility index (Phi) is 3.83. The number of hydrogen-bond donors (Lipinski definition) is 1. The Hall–Kier alpha value is -2.58. The van der Waals surface area contributed by atoms with E-state index >= 15 is 0 Å². The molecule has 0 aliphatic heterocycles. The van der Waals surface area contributed by atoms with Crippen LogP contribution >= 0.6 is 0 Å². The fourth-order valence-electron chi connectivity index (χ4n) is 1.68. The number of hydrogen-bond acceptors (Lipinski definition) is 5. The molecule has 0 atom stereocenters. The number of anilines is 1. The first kappa shape index (κ1) is 14.8. The Labute approximate surface area is 116 Å². The maximum atomic E-state index is 12.6. The summed E-state index contributed by atoms with van der Waals surface area (Å²) in [7, 11) is 0. The number of alkyl halides is 3. The summed E-state index contributed by atoms with van der Waals surface area (Å²) in [5.74, 6) is 0.448. The molecule has 0 aliphatic rings. The van der Waals surface area contributed by atoms with Gasteiger partial charge in [-0.2, -0.15) is 13.2 Å². The zero-order chi connectivity index (χ0) is 15.6. The molecule has 0 radical (unpaired) electrons. The standard InChI is InChI=1S/C12H10F3N3O3/c1-7-11(21-6-17-7)5-16-9-3-2-8(12(13,14)15)4-10(9)18(19)20/h2-4,6,16H,5H2,1H3. The van der Waals surface area contributed by atoms with Gasteiger partial charge in [-0.3, -0.25) is 10.1 Å². The van der Waals surface area contributed by atoms with Gasteiger partial charge in [-0.1, -0.05) is 0 Å². The molecule has 1 aromatic heterocycles. The molecular formula is C12H10F3N3O3. The minimum atomic E-state index is -4.63. The SMILES string of the molecule is Cc1ncoc1CNc1ccc(C(F)(F)F)cc1[N+](=O)[O-]. The van der Waals surface area contributed by atoms with Crippen LogP contribution in [0.1, 0.15) is 17.0 Å². The van der Waals surface area contributed by atoms with Crippen molar-refractivity contribution < 1.29 is 22.5 Å². The number of nitro groups is 1. The van der Waals surface area contributed by atoms with Gasteiger partial charge in [0.1, 0.15) is 11.4 Å². The minimum Gasteiger partial charge on any atom is -0.446 e. The molecule has 0 unspecified atom stereocenters. The number of nitrogens with zero attached hydrogens (tertiary/aromatic N) is 2. The molecule has 112 valence electrons. The van der Waals surface area contributed by atoms with Crippen LogP contribution in [-0.4, -0.2) is 9.91 Å². The van der Waals surface area contributed by atoms with E-state index in [1.165, 1.54) is 6.39 Å². The van der Waals surface area contributed by atoms with Crippen LogP contribution in [0.3, 0.4) is 0 Å². The molecule has 0 spiro atoms. The van der Waals surface area contributed by atoms with E-state index in [0.29, 0.717) is 17.5 Å². The molecule has 6 nitrogen and oxygen atoms in total. The van der Waals surface area contributed by atoms with E-state index in [4.69, 9.17) is 4.42 Å². The van der Waals surface area contributed by atoms with Crippen LogP contribution < -0.4 is 5.32 Å². The van der Waals surface area contributed by atoms with Crippen molar-refractivity contribution in [2.45, 2.75) is 19.6 Å². The average Bonchev–Trinajstić information content (AvgIpc) is 2.80. The smallest absolute Gasteiger partial charge is 0.416 e. The molecule has 0 amide bonds. The number of nitro benzene ring substituents is 1. The van der Waals surface area contributed by atoms with Gasteiger partial charge in [-0.15, -0.1) is 0 Å². The zero-order valence-corrected chi connectivity index (χ0v) is 10.8. The molecule has 0 saturated heterocycles. The van der Waals surface area contributed by atoms with Crippen molar-refractivity contribution in [1.29, 1.82) is 0 Å². The summed E-state index contributed by atoms with van der Waals surface area (Å²) in [6.45, 7) is 1.76. The monoisotopic (exact) mass is 301 g/mol. The average molecular weight is 301 g/mol. The largest absolute Gasteiger partial charge is 0.446 e. The van der Waals surface area contributed by atoms with Gasteiger partial charge in [-0.05, 0) is 19.1 Å². The minimum absolute atomic E-state index is 0.0243. The van der Waals surface area contributed by atoms with Crippen molar-refractivity contribution in [3.8, 4) is 0 Å². The van der Waals surface area contributed by atoms with Crippen LogP contribution in [0.15, 0.2) is 29.0 Å². The fourth-order valence-corrected chi connectivity index (χ4v) is 1.68. The van der Waals surface area contributed by atoms with Crippen LogP contribution in [0.5, 0.6) is 0 Å². The Balaban J connectivity index is 2.27. The van der Waals surface area contributed by atoms with Crippen molar-refractivity contribution in [2.75, 3.05) is 5.32 Å². The molecule has 1 heterocycles.